The molecule has 7 heteroatoms. The van der Waals surface area contributed by atoms with Crippen LogP contribution in [0.3, 0.4) is 0 Å². The predicted molar refractivity (Wildman–Crippen MR) is 67.4 cm³/mol. The van der Waals surface area contributed by atoms with Gasteiger partial charge in [-0.05, 0) is 12.5 Å². The Labute approximate surface area is 119 Å². The quantitative estimate of drug-likeness (QED) is 0.850. The van der Waals surface area contributed by atoms with E-state index in [9.17, 15) is 18.3 Å². The van der Waals surface area contributed by atoms with E-state index in [-0.39, 0.29) is 23.2 Å². The van der Waals surface area contributed by atoms with Gasteiger partial charge >= 0.3 is 6.18 Å². The minimum absolute atomic E-state index is 0.132. The number of hydrogen-bond donors (Lipinski definition) is 1. The van der Waals surface area contributed by atoms with Crippen molar-refractivity contribution in [2.24, 2.45) is 0 Å². The molecule has 1 aromatic rings. The number of rotatable bonds is 2. The van der Waals surface area contributed by atoms with E-state index in [0.29, 0.717) is 19.4 Å². The number of halogens is 4. The van der Waals surface area contributed by atoms with Gasteiger partial charge in [0.2, 0.25) is 0 Å². The Morgan fingerprint density at radius 2 is 2.20 bits per heavy atom. The van der Waals surface area contributed by atoms with Gasteiger partial charge in [-0.3, -0.25) is 0 Å². The molecule has 3 nitrogen and oxygen atoms in total. The molecule has 0 amide bonds. The third kappa shape index (κ3) is 3.07. The van der Waals surface area contributed by atoms with E-state index in [1.54, 1.807) is 0 Å². The average Bonchev–Trinajstić information content (AvgIpc) is 2.37. The summed E-state index contributed by atoms with van der Waals surface area (Å²) in [6, 6.07) is 2.05. The molecule has 1 aliphatic rings. The van der Waals surface area contributed by atoms with Gasteiger partial charge in [-0.2, -0.15) is 13.2 Å². The Balaban J connectivity index is 2.33. The largest absolute Gasteiger partial charge is 0.433 e. The molecule has 1 fully saturated rings. The number of aliphatic hydroxyl groups is 1. The van der Waals surface area contributed by atoms with Crippen LogP contribution in [-0.4, -0.2) is 22.8 Å². The van der Waals surface area contributed by atoms with Crippen molar-refractivity contribution in [1.29, 1.82) is 0 Å². The molecule has 0 radical (unpaired) electrons. The molecule has 0 aromatic carbocycles. The maximum absolute atomic E-state index is 12.6. The van der Waals surface area contributed by atoms with Crippen LogP contribution in [0.5, 0.6) is 0 Å². The van der Waals surface area contributed by atoms with Crippen molar-refractivity contribution >= 4 is 11.6 Å². The Morgan fingerprint density at radius 1 is 1.50 bits per heavy atom. The van der Waals surface area contributed by atoms with Crippen LogP contribution in [0.25, 0.3) is 0 Å². The first kappa shape index (κ1) is 15.5. The zero-order valence-corrected chi connectivity index (χ0v) is 11.6. The molecule has 2 atom stereocenters. The van der Waals surface area contributed by atoms with Crippen LogP contribution in [0.2, 0.25) is 5.15 Å². The van der Waals surface area contributed by atoms with Gasteiger partial charge in [0.05, 0.1) is 18.3 Å². The average molecular weight is 310 g/mol. The van der Waals surface area contributed by atoms with Crippen molar-refractivity contribution in [2.75, 3.05) is 6.61 Å². The molecule has 112 valence electrons. The monoisotopic (exact) mass is 309 g/mol. The van der Waals surface area contributed by atoms with Gasteiger partial charge in [-0.25, -0.2) is 4.98 Å². The first-order valence-corrected chi connectivity index (χ1v) is 6.72. The first-order chi connectivity index (χ1) is 9.26. The van der Waals surface area contributed by atoms with Gasteiger partial charge in [-0.1, -0.05) is 24.6 Å². The van der Waals surface area contributed by atoms with E-state index < -0.39 is 17.5 Å². The molecule has 1 saturated heterocycles. The Morgan fingerprint density at radius 3 is 2.75 bits per heavy atom. The van der Waals surface area contributed by atoms with Crippen molar-refractivity contribution in [3.05, 3.63) is 28.5 Å². The molecule has 0 saturated carbocycles. The molecular formula is C13H15ClF3NO2. The van der Waals surface area contributed by atoms with Crippen LogP contribution in [0, 0.1) is 0 Å². The number of aromatic nitrogens is 1. The summed E-state index contributed by atoms with van der Waals surface area (Å²) in [5, 5.41) is 10.3. The molecule has 0 bridgehead atoms. The van der Waals surface area contributed by atoms with Gasteiger partial charge in [0.15, 0.2) is 0 Å². The van der Waals surface area contributed by atoms with Crippen molar-refractivity contribution in [3.8, 4) is 0 Å². The standard InChI is InChI=1S/C13H15ClF3NO2/c1-2-8-7-12(19,5-6-20-8)9-3-4-10(13(15,16)17)18-11(9)14/h3-4,8,19H,2,5-7H2,1H3. The summed E-state index contributed by atoms with van der Waals surface area (Å²) in [5.74, 6) is 0. The van der Waals surface area contributed by atoms with Crippen LogP contribution in [-0.2, 0) is 16.5 Å². The minimum atomic E-state index is -4.55. The van der Waals surface area contributed by atoms with E-state index in [1.807, 2.05) is 6.92 Å². The fourth-order valence-corrected chi connectivity index (χ4v) is 2.71. The molecule has 1 aromatic heterocycles. The van der Waals surface area contributed by atoms with Crippen molar-refractivity contribution in [3.63, 3.8) is 0 Å². The Kier molecular flexibility index (Phi) is 4.27. The minimum Gasteiger partial charge on any atom is -0.385 e. The summed E-state index contributed by atoms with van der Waals surface area (Å²) in [6.07, 6.45) is -3.38. The Bertz CT molecular complexity index is 495. The fraction of sp³-hybridized carbons (Fsp3) is 0.615. The maximum atomic E-state index is 12.6. The van der Waals surface area contributed by atoms with Gasteiger partial charge in [-0.15, -0.1) is 0 Å². The smallest absolute Gasteiger partial charge is 0.385 e. The Hall–Kier alpha value is -0.850. The van der Waals surface area contributed by atoms with Gasteiger partial charge in [0.25, 0.3) is 0 Å². The normalized spacial score (nSPS) is 27.6. The number of alkyl halides is 3. The SMILES string of the molecule is CCC1CC(O)(c2ccc(C(F)(F)F)nc2Cl)CCO1. The molecule has 0 spiro atoms. The lowest BCUT2D eigenvalue weighted by atomic mass is 9.84. The lowest BCUT2D eigenvalue weighted by Gasteiger charge is -2.37. The fourth-order valence-electron chi connectivity index (χ4n) is 2.38. The molecule has 2 heterocycles. The number of hydrogen-bond acceptors (Lipinski definition) is 3. The number of nitrogens with zero attached hydrogens (tertiary/aromatic N) is 1. The van der Waals surface area contributed by atoms with Crippen molar-refractivity contribution in [1.82, 2.24) is 4.98 Å². The topological polar surface area (TPSA) is 42.4 Å². The first-order valence-electron chi connectivity index (χ1n) is 6.34. The highest BCUT2D eigenvalue weighted by Crippen LogP contribution is 2.39. The van der Waals surface area contributed by atoms with Crippen LogP contribution in [0.15, 0.2) is 12.1 Å². The molecule has 0 aliphatic carbocycles. The summed E-state index contributed by atoms with van der Waals surface area (Å²) in [6.45, 7) is 2.26. The van der Waals surface area contributed by atoms with Crippen molar-refractivity contribution in [2.45, 2.75) is 44.1 Å². The summed E-state index contributed by atoms with van der Waals surface area (Å²) >= 11 is 5.84. The summed E-state index contributed by atoms with van der Waals surface area (Å²) < 4.78 is 43.1. The zero-order valence-electron chi connectivity index (χ0n) is 10.9. The summed E-state index contributed by atoms with van der Waals surface area (Å²) in [4.78, 5) is 3.36. The van der Waals surface area contributed by atoms with E-state index in [4.69, 9.17) is 16.3 Å². The van der Waals surface area contributed by atoms with E-state index in [0.717, 1.165) is 6.07 Å². The third-order valence-corrected chi connectivity index (χ3v) is 3.82. The molecular weight excluding hydrogens is 295 g/mol. The van der Waals surface area contributed by atoms with Crippen LogP contribution < -0.4 is 0 Å². The summed E-state index contributed by atoms with van der Waals surface area (Å²) in [7, 11) is 0. The lowest BCUT2D eigenvalue weighted by molar-refractivity contribution is -0.141. The van der Waals surface area contributed by atoms with E-state index >= 15 is 0 Å². The molecule has 2 unspecified atom stereocenters. The second-order valence-corrected chi connectivity index (χ2v) is 5.28. The van der Waals surface area contributed by atoms with Gasteiger partial charge in [0, 0.05) is 18.4 Å². The van der Waals surface area contributed by atoms with Crippen molar-refractivity contribution < 1.29 is 23.0 Å². The van der Waals surface area contributed by atoms with Gasteiger partial charge in [0.1, 0.15) is 10.8 Å². The second-order valence-electron chi connectivity index (χ2n) is 4.92. The van der Waals surface area contributed by atoms with E-state index in [1.165, 1.54) is 6.07 Å². The third-order valence-electron chi connectivity index (χ3n) is 3.53. The highest BCUT2D eigenvalue weighted by atomic mass is 35.5. The van der Waals surface area contributed by atoms with Crippen LogP contribution in [0.1, 0.15) is 37.4 Å². The number of ether oxygens (including phenoxy) is 1. The molecule has 2 rings (SSSR count). The van der Waals surface area contributed by atoms with Gasteiger partial charge < -0.3 is 9.84 Å². The maximum Gasteiger partial charge on any atom is 0.433 e. The second kappa shape index (κ2) is 5.50. The summed E-state index contributed by atoms with van der Waals surface area (Å²) in [5.41, 5.74) is -2.12. The number of pyridine rings is 1. The predicted octanol–water partition coefficient (Wildman–Crippen LogP) is 3.53. The van der Waals surface area contributed by atoms with Crippen LogP contribution >= 0.6 is 11.6 Å². The molecule has 20 heavy (non-hydrogen) atoms. The van der Waals surface area contributed by atoms with E-state index in [2.05, 4.69) is 4.98 Å². The highest BCUT2D eigenvalue weighted by Gasteiger charge is 2.39. The highest BCUT2D eigenvalue weighted by molar-refractivity contribution is 6.30. The zero-order chi connectivity index (χ0) is 15.0. The molecule has 1 aliphatic heterocycles. The lowest BCUT2D eigenvalue weighted by Crippen LogP contribution is -2.38. The van der Waals surface area contributed by atoms with Crippen LogP contribution in [0.4, 0.5) is 13.2 Å². The molecule has 1 N–H and O–H groups in total.